The molecule has 0 saturated carbocycles. The van der Waals surface area contributed by atoms with Gasteiger partial charge in [-0.2, -0.15) is 0 Å². The Kier molecular flexibility index (Phi) is 13.6. The van der Waals surface area contributed by atoms with E-state index < -0.39 is 0 Å². The summed E-state index contributed by atoms with van der Waals surface area (Å²) in [6.45, 7) is 9.54. The summed E-state index contributed by atoms with van der Waals surface area (Å²) in [6.07, 6.45) is 9.01. The molecule has 0 unspecified atom stereocenters. The van der Waals surface area contributed by atoms with Gasteiger partial charge in [-0.3, -0.25) is 0 Å². The number of hydrogen-bond donors (Lipinski definition) is 0. The summed E-state index contributed by atoms with van der Waals surface area (Å²) < 4.78 is 0. The lowest BCUT2D eigenvalue weighted by Gasteiger charge is -2.29. The maximum atomic E-state index is 2.45. The number of fused-ring (bicyclic) bond motifs is 10. The minimum atomic E-state index is -0.224. The molecule has 94 heavy (non-hydrogen) atoms. The zero-order valence-corrected chi connectivity index (χ0v) is 53.2. The van der Waals surface area contributed by atoms with Gasteiger partial charge in [0.2, 0.25) is 0 Å². The molecule has 2 nitrogen and oxygen atoms in total. The van der Waals surface area contributed by atoms with Crippen LogP contribution in [0.1, 0.15) is 72.2 Å². The van der Waals surface area contributed by atoms with Crippen molar-refractivity contribution in [1.82, 2.24) is 0 Å². The summed E-state index contributed by atoms with van der Waals surface area (Å²) >= 11 is 0. The Morgan fingerprint density at radius 2 is 0.511 bits per heavy atom. The third-order valence-electron chi connectivity index (χ3n) is 20.2. The van der Waals surface area contributed by atoms with Crippen LogP contribution in [0.5, 0.6) is 0 Å². The van der Waals surface area contributed by atoms with E-state index in [1.165, 1.54) is 121 Å². The topological polar surface area (TPSA) is 6.48 Å². The second-order valence-corrected chi connectivity index (χ2v) is 26.5. The van der Waals surface area contributed by atoms with Gasteiger partial charge in [-0.15, -0.1) is 0 Å². The van der Waals surface area contributed by atoms with Crippen LogP contribution in [0.3, 0.4) is 0 Å². The van der Waals surface area contributed by atoms with E-state index in [1.807, 2.05) is 0 Å². The largest absolute Gasteiger partial charge is 0.310 e. The number of nitrogens with zero attached hydrogens (tertiary/aromatic N) is 2. The predicted octanol–water partition coefficient (Wildman–Crippen LogP) is 25.5. The van der Waals surface area contributed by atoms with Crippen LogP contribution in [-0.2, 0) is 10.8 Å². The normalized spacial score (nSPS) is 13.4. The van der Waals surface area contributed by atoms with Crippen LogP contribution in [0.4, 0.5) is 34.1 Å². The number of hydrogen-bond acceptors (Lipinski definition) is 2. The molecule has 0 bridgehead atoms. The Balaban J connectivity index is 0.612. The van der Waals surface area contributed by atoms with Gasteiger partial charge in [0.1, 0.15) is 0 Å². The molecule has 0 N–H and O–H groups in total. The van der Waals surface area contributed by atoms with Gasteiger partial charge in [-0.05, 0) is 182 Å². The molecule has 0 aromatic heterocycles. The molecule has 0 heterocycles. The highest BCUT2D eigenvalue weighted by Gasteiger charge is 2.38. The first-order valence-electron chi connectivity index (χ1n) is 32.9. The maximum absolute atomic E-state index is 2.45. The molecule has 0 radical (unpaired) electrons. The van der Waals surface area contributed by atoms with Crippen molar-refractivity contribution in [3.63, 3.8) is 0 Å². The van der Waals surface area contributed by atoms with E-state index in [0.29, 0.717) is 0 Å². The van der Waals surface area contributed by atoms with E-state index in [9.17, 15) is 0 Å². The number of benzene rings is 15. The summed E-state index contributed by atoms with van der Waals surface area (Å²) in [5.41, 5.74) is 26.5. The van der Waals surface area contributed by atoms with Crippen LogP contribution in [0.25, 0.3) is 112 Å². The third kappa shape index (κ3) is 9.72. The molecule has 15 aromatic carbocycles. The van der Waals surface area contributed by atoms with Crippen LogP contribution in [0.15, 0.2) is 315 Å². The van der Waals surface area contributed by atoms with Crippen molar-refractivity contribution in [2.24, 2.45) is 0 Å². The van der Waals surface area contributed by atoms with E-state index in [4.69, 9.17) is 0 Å². The SMILES string of the molecule is CC1(C)c2cc(/C=C/c3ccc(/C=C/c4ccc5c(c4)C(C)(C)c4cc(N(c6ccc(-c7cccc8ccccc78)cc6)c6cccc7ccccc67)ccc4-5)cc3)ccc2-c2ccc(N(c3ccc(-c4cccc5ccccc45)cc3)c3cccc4ccccc34)cc21. The van der Waals surface area contributed by atoms with Crippen LogP contribution >= 0.6 is 0 Å². The van der Waals surface area contributed by atoms with Gasteiger partial charge in [0, 0.05) is 44.4 Å². The van der Waals surface area contributed by atoms with Crippen molar-refractivity contribution in [3.05, 3.63) is 360 Å². The monoisotopic (exact) mass is 1200 g/mol. The number of rotatable bonds is 12. The smallest absolute Gasteiger partial charge is 0.0540 e. The minimum absolute atomic E-state index is 0.224. The van der Waals surface area contributed by atoms with Crippen LogP contribution in [-0.4, -0.2) is 0 Å². The fraction of sp³-hybridized carbons (Fsp3) is 0.0652. The highest BCUT2D eigenvalue weighted by molar-refractivity contribution is 6.03. The van der Waals surface area contributed by atoms with Crippen LogP contribution in [0.2, 0.25) is 0 Å². The Bertz CT molecular complexity index is 5180. The zero-order chi connectivity index (χ0) is 63.1. The molecular weight excluding hydrogens is 1130 g/mol. The molecule has 0 fully saturated rings. The molecule has 2 heteroatoms. The first-order chi connectivity index (χ1) is 46.1. The van der Waals surface area contributed by atoms with Crippen molar-refractivity contribution in [3.8, 4) is 44.5 Å². The molecule has 446 valence electrons. The molecule has 17 rings (SSSR count). The molecule has 0 atom stereocenters. The lowest BCUT2D eigenvalue weighted by molar-refractivity contribution is 0.660. The maximum Gasteiger partial charge on any atom is 0.0540 e. The molecule has 2 aliphatic carbocycles. The van der Waals surface area contributed by atoms with Gasteiger partial charge < -0.3 is 9.80 Å². The van der Waals surface area contributed by atoms with E-state index in [2.05, 4.69) is 377 Å². The average molecular weight is 1200 g/mol. The Hall–Kier alpha value is -11.6. The second-order valence-electron chi connectivity index (χ2n) is 26.5. The fourth-order valence-corrected chi connectivity index (χ4v) is 15.3. The Morgan fingerprint density at radius 1 is 0.223 bits per heavy atom. The van der Waals surface area contributed by atoms with Gasteiger partial charge >= 0.3 is 0 Å². The molecule has 0 aliphatic heterocycles. The predicted molar refractivity (Wildman–Crippen MR) is 403 cm³/mol. The zero-order valence-electron chi connectivity index (χ0n) is 53.2. The first kappa shape index (κ1) is 56.4. The molecule has 15 aromatic rings. The van der Waals surface area contributed by atoms with Crippen molar-refractivity contribution in [2.75, 3.05) is 9.80 Å². The van der Waals surface area contributed by atoms with Crippen molar-refractivity contribution >= 4 is 102 Å². The van der Waals surface area contributed by atoms with Gasteiger partial charge in [-0.1, -0.05) is 307 Å². The highest BCUT2D eigenvalue weighted by Crippen LogP contribution is 2.54. The van der Waals surface area contributed by atoms with Crippen molar-refractivity contribution in [1.29, 1.82) is 0 Å². The van der Waals surface area contributed by atoms with Crippen molar-refractivity contribution < 1.29 is 0 Å². The van der Waals surface area contributed by atoms with E-state index in [-0.39, 0.29) is 10.8 Å². The molecule has 2 aliphatic rings. The lowest BCUT2D eigenvalue weighted by Crippen LogP contribution is -2.17. The summed E-state index contributed by atoms with van der Waals surface area (Å²) in [5, 5.41) is 9.89. The number of anilines is 6. The third-order valence-corrected chi connectivity index (χ3v) is 20.2. The summed E-state index contributed by atoms with van der Waals surface area (Å²) in [6, 6.07) is 117. The molecule has 0 amide bonds. The standard InChI is InChI=1S/C92H68N2/c1-91(2)85-57-63(41-53-81(85)83-55-51-73(59-87(83)91)93(89-31-15-23-67-19-7-11-27-79(67)89)71-47-43-69(44-48-71)77-29-13-21-65-17-5-9-25-75(65)77)39-37-61-33-35-62(36-34-61)38-40-64-42-54-82-84-56-52-74(60-88(84)92(3,4)86(82)58-64)94(90-32-16-24-68-20-8-12-28-80(68)90)72-49-45-70(46-50-72)78-30-14-22-66-18-6-10-26-76(66)78/h5-60H,1-4H3/b39-37+,40-38+. The summed E-state index contributed by atoms with van der Waals surface area (Å²) in [5.74, 6) is 0. The molecular formula is C92H68N2. The Labute approximate surface area is 551 Å². The molecule has 0 saturated heterocycles. The quantitative estimate of drug-likeness (QED) is 0.113. The lowest BCUT2D eigenvalue weighted by atomic mass is 9.81. The van der Waals surface area contributed by atoms with E-state index in [1.54, 1.807) is 0 Å². The van der Waals surface area contributed by atoms with Crippen LogP contribution in [0, 0.1) is 0 Å². The summed E-state index contributed by atoms with van der Waals surface area (Å²) in [7, 11) is 0. The average Bonchev–Trinajstić information content (AvgIpc) is 1.57. The first-order valence-corrected chi connectivity index (χ1v) is 32.9. The highest BCUT2D eigenvalue weighted by atomic mass is 15.1. The van der Waals surface area contributed by atoms with E-state index >= 15 is 0 Å². The van der Waals surface area contributed by atoms with Crippen molar-refractivity contribution in [2.45, 2.75) is 38.5 Å². The fourth-order valence-electron chi connectivity index (χ4n) is 15.3. The van der Waals surface area contributed by atoms with Gasteiger partial charge in [0.05, 0.1) is 11.4 Å². The summed E-state index contributed by atoms with van der Waals surface area (Å²) in [4.78, 5) is 4.89. The molecule has 0 spiro atoms. The van der Waals surface area contributed by atoms with Gasteiger partial charge in [0.25, 0.3) is 0 Å². The minimum Gasteiger partial charge on any atom is -0.310 e. The van der Waals surface area contributed by atoms with Crippen LogP contribution < -0.4 is 9.80 Å². The van der Waals surface area contributed by atoms with Gasteiger partial charge in [-0.25, -0.2) is 0 Å². The Morgan fingerprint density at radius 3 is 0.904 bits per heavy atom. The second kappa shape index (κ2) is 22.7. The van der Waals surface area contributed by atoms with Gasteiger partial charge in [0.15, 0.2) is 0 Å². The van der Waals surface area contributed by atoms with E-state index in [0.717, 1.165) is 45.3 Å².